The minimum absolute atomic E-state index is 0.506. The lowest BCUT2D eigenvalue weighted by molar-refractivity contribution is 0.475. The summed E-state index contributed by atoms with van der Waals surface area (Å²) in [6.45, 7) is 0. The van der Waals surface area contributed by atoms with Crippen molar-refractivity contribution in [2.75, 3.05) is 0 Å². The lowest BCUT2D eigenvalue weighted by Gasteiger charge is -2.21. The van der Waals surface area contributed by atoms with Gasteiger partial charge in [0.05, 0.1) is 44.6 Å². The van der Waals surface area contributed by atoms with Crippen molar-refractivity contribution < 1.29 is 14.2 Å². The molecule has 19 aromatic rings. The maximum absolute atomic E-state index is 6.22. The van der Waals surface area contributed by atoms with E-state index in [-0.39, 0.29) is 0 Å². The Bertz CT molecular complexity index is 6100. The second-order valence-corrected chi connectivity index (χ2v) is 25.4. The summed E-state index contributed by atoms with van der Waals surface area (Å²) >= 11 is 0. The second kappa shape index (κ2) is 24.3. The van der Waals surface area contributed by atoms with Gasteiger partial charge in [-0.3, -0.25) is 13.7 Å². The summed E-state index contributed by atoms with van der Waals surface area (Å²) in [4.78, 5) is 29.6. The van der Waals surface area contributed by atoms with Crippen LogP contribution in [0.15, 0.2) is 340 Å². The van der Waals surface area contributed by atoms with Gasteiger partial charge in [0.15, 0.2) is 57.8 Å². The van der Waals surface area contributed by atoms with Crippen LogP contribution < -0.4 is 14.2 Å². The highest BCUT2D eigenvalue weighted by Gasteiger charge is 2.30. The van der Waals surface area contributed by atoms with Crippen LogP contribution in [0.1, 0.15) is 0 Å². The second-order valence-electron chi connectivity index (χ2n) is 25.4. The summed E-state index contributed by atoms with van der Waals surface area (Å²) in [5.41, 5.74) is 20.7. The molecule has 0 bridgehead atoms. The Morgan fingerprint density at radius 1 is 0.204 bits per heavy atom. The minimum Gasteiger partial charge on any atom is -0.453 e. The number of aromatic nitrogens is 10. The lowest BCUT2D eigenvalue weighted by atomic mass is 9.96. The van der Waals surface area contributed by atoms with E-state index >= 15 is 0 Å². The molecule has 13 nitrogen and oxygen atoms in total. The van der Waals surface area contributed by atoms with Gasteiger partial charge >= 0.3 is 0 Å². The SMILES string of the molecule is c1ccc(-c2cc(-c3ccccc3)cc(-c3nc4cccc5c4n3-c3ccccc3O5)c2)cc1.c1ccc(-c2nc(-c3ccccc3)nc(-c3nc4cccc5c4n3-c3ccccc3O5)n2)cc1.c1ccc2c(c1)Oc1cccc3nc(-c4ccc(-n5c6ccccc6c6ccccc65)cc4)n-2c13. The van der Waals surface area contributed by atoms with Gasteiger partial charge in [-0.25, -0.2) is 29.9 Å². The Labute approximate surface area is 590 Å². The summed E-state index contributed by atoms with van der Waals surface area (Å²) in [5.74, 6) is 9.05. The first-order chi connectivity index (χ1) is 51.1. The van der Waals surface area contributed by atoms with Crippen molar-refractivity contribution in [3.63, 3.8) is 0 Å². The molecule has 0 radical (unpaired) electrons. The molecule has 13 heteroatoms. The van der Waals surface area contributed by atoms with Gasteiger partial charge in [0.2, 0.25) is 0 Å². The third kappa shape index (κ3) is 10.1. The fourth-order valence-electron chi connectivity index (χ4n) is 14.5. The molecule has 0 aliphatic carbocycles. The van der Waals surface area contributed by atoms with Crippen LogP contribution in [0, 0.1) is 0 Å². The van der Waals surface area contributed by atoms with Gasteiger partial charge in [-0.05, 0) is 150 Å². The standard InChI is InChI=1S/C31H19N3O.C31H20N2O.C28H17N5O/c1-3-11-25-22(8-1)23-9-2-4-12-26(23)33(25)21-18-16-20(17-19-21)31-32-24-10-7-15-29-30(24)34(31)27-13-5-6-14-28(27)35-29;1-3-10-21(11-4-1)23-18-24(22-12-5-2-6-13-22)20-25(19-23)31-32-26-14-9-17-29-30(26)33(31)27-15-7-8-16-28(27)34-29;1-3-10-18(11-4-1)25-30-26(19-12-5-2-6-13-19)32-27(31-25)28-29-20-14-9-17-23-24(20)33(28)21-15-7-8-16-22(21)34-23/h1-19H;1-20H;1-17H. The highest BCUT2D eigenvalue weighted by molar-refractivity contribution is 6.09. The Kier molecular flexibility index (Phi) is 13.9. The maximum atomic E-state index is 6.22. The smallest absolute Gasteiger partial charge is 0.200 e. The zero-order valence-corrected chi connectivity index (χ0v) is 55.0. The van der Waals surface area contributed by atoms with Crippen molar-refractivity contribution in [3.05, 3.63) is 340 Å². The van der Waals surface area contributed by atoms with E-state index in [1.54, 1.807) is 0 Å². The first-order valence-corrected chi connectivity index (χ1v) is 34.2. The summed E-state index contributed by atoms with van der Waals surface area (Å²) in [5, 5.41) is 2.53. The molecule has 0 saturated carbocycles. The number of hydrogen-bond acceptors (Lipinski definition) is 9. The average Bonchev–Trinajstić information content (AvgIpc) is 1.80. The first-order valence-electron chi connectivity index (χ1n) is 34.2. The Hall–Kier alpha value is -14.3. The number of hydrogen-bond donors (Lipinski definition) is 0. The van der Waals surface area contributed by atoms with Crippen LogP contribution in [0.25, 0.3) is 157 Å². The van der Waals surface area contributed by atoms with Crippen LogP contribution in [-0.2, 0) is 0 Å². The first kappa shape index (κ1) is 58.8. The molecule has 0 atom stereocenters. The van der Waals surface area contributed by atoms with Crippen LogP contribution in [-0.4, -0.2) is 48.2 Å². The highest BCUT2D eigenvalue weighted by atomic mass is 16.5. The molecule has 3 aliphatic rings. The van der Waals surface area contributed by atoms with Crippen molar-refractivity contribution in [2.45, 2.75) is 0 Å². The molecule has 3 aliphatic heterocycles. The van der Waals surface area contributed by atoms with Gasteiger partial charge in [-0.2, -0.15) is 0 Å². The third-order valence-electron chi connectivity index (χ3n) is 19.2. The number of imidazole rings is 3. The van der Waals surface area contributed by atoms with E-state index in [0.717, 1.165) is 135 Å². The van der Waals surface area contributed by atoms with E-state index in [1.807, 2.05) is 170 Å². The van der Waals surface area contributed by atoms with Crippen molar-refractivity contribution in [3.8, 4) is 137 Å². The summed E-state index contributed by atoms with van der Waals surface area (Å²) < 4.78 is 27.5. The normalized spacial score (nSPS) is 11.9. The van der Waals surface area contributed by atoms with Gasteiger partial charge in [0.25, 0.3) is 0 Å². The van der Waals surface area contributed by atoms with E-state index in [1.165, 1.54) is 32.9 Å². The van der Waals surface area contributed by atoms with E-state index < -0.39 is 0 Å². The van der Waals surface area contributed by atoms with Crippen molar-refractivity contribution >= 4 is 54.9 Å². The zero-order valence-electron chi connectivity index (χ0n) is 55.0. The predicted octanol–water partition coefficient (Wildman–Crippen LogP) is 22.3. The fourth-order valence-corrected chi connectivity index (χ4v) is 14.5. The fraction of sp³-hybridized carbons (Fsp3) is 0. The quantitative estimate of drug-likeness (QED) is 0.146. The third-order valence-corrected chi connectivity index (χ3v) is 19.2. The van der Waals surface area contributed by atoms with Crippen LogP contribution in [0.5, 0.6) is 34.5 Å². The van der Waals surface area contributed by atoms with Crippen LogP contribution in [0.2, 0.25) is 0 Å². The van der Waals surface area contributed by atoms with Gasteiger partial charge in [0, 0.05) is 38.7 Å². The van der Waals surface area contributed by atoms with Crippen molar-refractivity contribution in [1.82, 2.24) is 48.2 Å². The number of fused-ring (bicyclic) bond motifs is 9. The largest absolute Gasteiger partial charge is 0.453 e. The Morgan fingerprint density at radius 3 is 0.971 bits per heavy atom. The van der Waals surface area contributed by atoms with Crippen molar-refractivity contribution in [2.24, 2.45) is 0 Å². The van der Waals surface area contributed by atoms with E-state index in [0.29, 0.717) is 23.3 Å². The minimum atomic E-state index is 0.506. The van der Waals surface area contributed by atoms with Gasteiger partial charge < -0.3 is 18.8 Å². The molecule has 484 valence electrons. The molecular weight excluding hydrogens is 1270 g/mol. The number of benzene rings is 14. The highest BCUT2D eigenvalue weighted by Crippen LogP contribution is 2.48. The molecule has 0 fully saturated rings. The van der Waals surface area contributed by atoms with Gasteiger partial charge in [0.1, 0.15) is 28.2 Å². The summed E-state index contributed by atoms with van der Waals surface area (Å²) in [7, 11) is 0. The molecule has 14 aromatic carbocycles. The Morgan fingerprint density at radius 2 is 0.534 bits per heavy atom. The van der Waals surface area contributed by atoms with Gasteiger partial charge in [-0.15, -0.1) is 0 Å². The predicted molar refractivity (Wildman–Crippen MR) is 409 cm³/mol. The van der Waals surface area contributed by atoms with Crippen LogP contribution in [0.3, 0.4) is 0 Å². The molecule has 0 unspecified atom stereocenters. The maximum Gasteiger partial charge on any atom is 0.200 e. The number of nitrogens with zero attached hydrogens (tertiary/aromatic N) is 10. The molecule has 5 aromatic heterocycles. The molecule has 22 rings (SSSR count). The van der Waals surface area contributed by atoms with Gasteiger partial charge in [-0.1, -0.05) is 212 Å². The molecular formula is C90H56N10O3. The molecule has 8 heterocycles. The number of para-hydroxylation sites is 11. The zero-order chi connectivity index (χ0) is 67.9. The van der Waals surface area contributed by atoms with E-state index in [9.17, 15) is 0 Å². The van der Waals surface area contributed by atoms with Crippen LogP contribution in [0.4, 0.5) is 0 Å². The Balaban J connectivity index is 0.000000103. The molecule has 103 heavy (non-hydrogen) atoms. The monoisotopic (exact) mass is 1320 g/mol. The van der Waals surface area contributed by atoms with Crippen molar-refractivity contribution in [1.29, 1.82) is 0 Å². The molecule has 0 N–H and O–H groups in total. The topological polar surface area (TPSA) is 125 Å². The van der Waals surface area contributed by atoms with E-state index in [2.05, 4.69) is 188 Å². The van der Waals surface area contributed by atoms with E-state index in [4.69, 9.17) is 44.1 Å². The van der Waals surface area contributed by atoms with Crippen LogP contribution >= 0.6 is 0 Å². The average molecular weight is 1330 g/mol. The number of ether oxygens (including phenoxy) is 3. The number of rotatable bonds is 8. The summed E-state index contributed by atoms with van der Waals surface area (Å²) in [6.07, 6.45) is 0. The lowest BCUT2D eigenvalue weighted by Crippen LogP contribution is -2.08. The summed E-state index contributed by atoms with van der Waals surface area (Å²) in [6, 6.07) is 116. The molecule has 0 amide bonds. The molecule has 0 spiro atoms. The molecule has 0 saturated heterocycles.